The summed E-state index contributed by atoms with van der Waals surface area (Å²) in [6, 6.07) is 12.6. The predicted octanol–water partition coefficient (Wildman–Crippen LogP) is 1.85. The van der Waals surface area contributed by atoms with Crippen molar-refractivity contribution in [2.24, 2.45) is 5.10 Å². The molecular weight excluding hydrogens is 214 g/mol. The van der Waals surface area contributed by atoms with Crippen LogP contribution in [0.3, 0.4) is 0 Å². The Morgan fingerprint density at radius 3 is 2.71 bits per heavy atom. The SMILES string of the molecule is O=C(N/N=C\c1cccnc1)c1ccccc1. The van der Waals surface area contributed by atoms with Crippen LogP contribution in [0, 0.1) is 0 Å². The minimum atomic E-state index is -0.231. The first-order valence-electron chi connectivity index (χ1n) is 5.15. The van der Waals surface area contributed by atoms with Crippen LogP contribution in [0.5, 0.6) is 0 Å². The Kier molecular flexibility index (Phi) is 3.60. The lowest BCUT2D eigenvalue weighted by molar-refractivity contribution is 0.0955. The molecule has 0 bridgehead atoms. The number of nitrogens with zero attached hydrogens (tertiary/aromatic N) is 2. The molecule has 1 N–H and O–H groups in total. The van der Waals surface area contributed by atoms with Gasteiger partial charge in [0.2, 0.25) is 0 Å². The molecule has 17 heavy (non-hydrogen) atoms. The van der Waals surface area contributed by atoms with E-state index in [-0.39, 0.29) is 5.91 Å². The second-order valence-electron chi connectivity index (χ2n) is 3.35. The van der Waals surface area contributed by atoms with Gasteiger partial charge in [0.15, 0.2) is 0 Å². The normalized spacial score (nSPS) is 10.4. The van der Waals surface area contributed by atoms with E-state index in [4.69, 9.17) is 0 Å². The van der Waals surface area contributed by atoms with Gasteiger partial charge < -0.3 is 0 Å². The van der Waals surface area contributed by atoms with Crippen molar-refractivity contribution in [3.05, 3.63) is 66.0 Å². The number of hydrogen-bond donors (Lipinski definition) is 1. The zero-order chi connectivity index (χ0) is 11.9. The third-order valence-electron chi connectivity index (χ3n) is 2.10. The highest BCUT2D eigenvalue weighted by Crippen LogP contribution is 1.97. The van der Waals surface area contributed by atoms with E-state index in [0.29, 0.717) is 5.56 Å². The van der Waals surface area contributed by atoms with Gasteiger partial charge in [-0.2, -0.15) is 5.10 Å². The van der Waals surface area contributed by atoms with Crippen molar-refractivity contribution in [3.8, 4) is 0 Å². The first-order chi connectivity index (χ1) is 8.36. The molecule has 0 radical (unpaired) electrons. The molecule has 0 saturated heterocycles. The van der Waals surface area contributed by atoms with Gasteiger partial charge in [0.1, 0.15) is 0 Å². The van der Waals surface area contributed by atoms with E-state index in [1.807, 2.05) is 12.1 Å². The van der Waals surface area contributed by atoms with Gasteiger partial charge in [0.05, 0.1) is 6.21 Å². The van der Waals surface area contributed by atoms with Crippen LogP contribution in [0.2, 0.25) is 0 Å². The minimum absolute atomic E-state index is 0.231. The standard InChI is InChI=1S/C13H11N3O/c17-13(12-6-2-1-3-7-12)16-15-10-11-5-4-8-14-9-11/h1-10H,(H,16,17)/b15-10-. The zero-order valence-electron chi connectivity index (χ0n) is 9.08. The van der Waals surface area contributed by atoms with E-state index in [1.165, 1.54) is 0 Å². The van der Waals surface area contributed by atoms with Gasteiger partial charge in [0, 0.05) is 23.5 Å². The lowest BCUT2D eigenvalue weighted by Gasteiger charge is -1.98. The first-order valence-corrected chi connectivity index (χ1v) is 5.15. The lowest BCUT2D eigenvalue weighted by atomic mass is 10.2. The van der Waals surface area contributed by atoms with Crippen molar-refractivity contribution in [1.82, 2.24) is 10.4 Å². The fourth-order valence-corrected chi connectivity index (χ4v) is 1.27. The summed E-state index contributed by atoms with van der Waals surface area (Å²) in [6.45, 7) is 0. The first kappa shape index (κ1) is 11.0. The van der Waals surface area contributed by atoms with Crippen LogP contribution < -0.4 is 5.43 Å². The van der Waals surface area contributed by atoms with Crippen molar-refractivity contribution >= 4 is 12.1 Å². The molecule has 0 spiro atoms. The molecule has 2 rings (SSSR count). The number of aromatic nitrogens is 1. The van der Waals surface area contributed by atoms with Crippen LogP contribution in [0.15, 0.2) is 60.0 Å². The summed E-state index contributed by atoms with van der Waals surface area (Å²) in [7, 11) is 0. The van der Waals surface area contributed by atoms with E-state index in [0.717, 1.165) is 5.56 Å². The molecular formula is C13H11N3O. The Labute approximate surface area is 99.0 Å². The summed E-state index contributed by atoms with van der Waals surface area (Å²) in [5, 5.41) is 3.85. The van der Waals surface area contributed by atoms with Crippen LogP contribution in [0.1, 0.15) is 15.9 Å². The van der Waals surface area contributed by atoms with Gasteiger partial charge in [-0.15, -0.1) is 0 Å². The number of amides is 1. The molecule has 0 aliphatic heterocycles. The van der Waals surface area contributed by atoms with Gasteiger partial charge in [-0.1, -0.05) is 24.3 Å². The highest BCUT2D eigenvalue weighted by molar-refractivity contribution is 5.94. The third-order valence-corrected chi connectivity index (χ3v) is 2.10. The Morgan fingerprint density at radius 2 is 2.00 bits per heavy atom. The monoisotopic (exact) mass is 225 g/mol. The number of hydrazone groups is 1. The Bertz CT molecular complexity index is 509. The molecule has 1 heterocycles. The van der Waals surface area contributed by atoms with E-state index >= 15 is 0 Å². The van der Waals surface area contributed by atoms with Gasteiger partial charge >= 0.3 is 0 Å². The van der Waals surface area contributed by atoms with Crippen LogP contribution in [0.25, 0.3) is 0 Å². The van der Waals surface area contributed by atoms with E-state index in [9.17, 15) is 4.79 Å². The summed E-state index contributed by atoms with van der Waals surface area (Å²) in [4.78, 5) is 15.5. The van der Waals surface area contributed by atoms with Gasteiger partial charge in [-0.25, -0.2) is 5.43 Å². The van der Waals surface area contributed by atoms with E-state index in [1.54, 1.807) is 48.9 Å². The minimum Gasteiger partial charge on any atom is -0.267 e. The second kappa shape index (κ2) is 5.55. The topological polar surface area (TPSA) is 54.4 Å². The van der Waals surface area contributed by atoms with Crippen molar-refractivity contribution in [3.63, 3.8) is 0 Å². The Hall–Kier alpha value is -2.49. The van der Waals surface area contributed by atoms with Crippen molar-refractivity contribution in [2.75, 3.05) is 0 Å². The highest BCUT2D eigenvalue weighted by Gasteiger charge is 2.00. The summed E-state index contributed by atoms with van der Waals surface area (Å²) in [5.41, 5.74) is 3.86. The zero-order valence-corrected chi connectivity index (χ0v) is 9.08. The fourth-order valence-electron chi connectivity index (χ4n) is 1.27. The number of rotatable bonds is 3. The highest BCUT2D eigenvalue weighted by atomic mass is 16.2. The molecule has 1 aromatic heterocycles. The maximum Gasteiger partial charge on any atom is 0.271 e. The number of nitrogens with one attached hydrogen (secondary N) is 1. The fraction of sp³-hybridized carbons (Fsp3) is 0. The maximum absolute atomic E-state index is 11.6. The van der Waals surface area contributed by atoms with Gasteiger partial charge in [-0.3, -0.25) is 9.78 Å². The van der Waals surface area contributed by atoms with Crippen molar-refractivity contribution in [1.29, 1.82) is 0 Å². The summed E-state index contributed by atoms with van der Waals surface area (Å²) < 4.78 is 0. The molecule has 0 atom stereocenters. The predicted molar refractivity (Wildman–Crippen MR) is 65.7 cm³/mol. The van der Waals surface area contributed by atoms with E-state index in [2.05, 4.69) is 15.5 Å². The number of pyridine rings is 1. The third kappa shape index (κ3) is 3.24. The van der Waals surface area contributed by atoms with Crippen LogP contribution >= 0.6 is 0 Å². The quantitative estimate of drug-likeness (QED) is 0.640. The number of benzene rings is 1. The molecule has 0 fully saturated rings. The average molecular weight is 225 g/mol. The molecule has 0 aliphatic rings. The average Bonchev–Trinajstić information content (AvgIpc) is 2.41. The smallest absolute Gasteiger partial charge is 0.267 e. The second-order valence-corrected chi connectivity index (χ2v) is 3.35. The van der Waals surface area contributed by atoms with Crippen molar-refractivity contribution < 1.29 is 4.79 Å². The van der Waals surface area contributed by atoms with Crippen molar-refractivity contribution in [2.45, 2.75) is 0 Å². The van der Waals surface area contributed by atoms with E-state index < -0.39 is 0 Å². The Morgan fingerprint density at radius 1 is 1.18 bits per heavy atom. The largest absolute Gasteiger partial charge is 0.271 e. The summed E-state index contributed by atoms with van der Waals surface area (Å²) in [5.74, 6) is -0.231. The van der Waals surface area contributed by atoms with Gasteiger partial charge in [-0.05, 0) is 18.2 Å². The molecule has 4 nitrogen and oxygen atoms in total. The molecule has 4 heteroatoms. The number of hydrogen-bond acceptors (Lipinski definition) is 3. The molecule has 84 valence electrons. The molecule has 2 aromatic rings. The Balaban J connectivity index is 1.95. The van der Waals surface area contributed by atoms with Crippen LogP contribution in [0.4, 0.5) is 0 Å². The van der Waals surface area contributed by atoms with Crippen LogP contribution in [-0.4, -0.2) is 17.1 Å². The molecule has 0 unspecified atom stereocenters. The number of carbonyl (C=O) groups excluding carboxylic acids is 1. The van der Waals surface area contributed by atoms with Crippen LogP contribution in [-0.2, 0) is 0 Å². The molecule has 1 aromatic carbocycles. The molecule has 1 amide bonds. The molecule has 0 aliphatic carbocycles. The maximum atomic E-state index is 11.6. The summed E-state index contributed by atoms with van der Waals surface area (Å²) >= 11 is 0. The lowest BCUT2D eigenvalue weighted by Crippen LogP contribution is -2.17. The molecule has 0 saturated carbocycles. The van der Waals surface area contributed by atoms with Gasteiger partial charge in [0.25, 0.3) is 5.91 Å². The number of carbonyl (C=O) groups is 1. The summed E-state index contributed by atoms with van der Waals surface area (Å²) in [6.07, 6.45) is 4.89.